The summed E-state index contributed by atoms with van der Waals surface area (Å²) in [5.74, 6) is 1.22. The number of amides is 1. The Hall–Kier alpha value is -1.52. The van der Waals surface area contributed by atoms with E-state index in [1.165, 1.54) is 10.4 Å². The summed E-state index contributed by atoms with van der Waals surface area (Å²) in [5.41, 5.74) is 1.22. The van der Waals surface area contributed by atoms with E-state index in [-0.39, 0.29) is 5.91 Å². The van der Waals surface area contributed by atoms with Gasteiger partial charge in [0.05, 0.1) is 5.03 Å². The van der Waals surface area contributed by atoms with Gasteiger partial charge in [-0.3, -0.25) is 4.79 Å². The molecule has 21 heavy (non-hydrogen) atoms. The minimum absolute atomic E-state index is 0.228. The van der Waals surface area contributed by atoms with Gasteiger partial charge in [0.25, 0.3) is 0 Å². The van der Waals surface area contributed by atoms with Crippen molar-refractivity contribution in [2.45, 2.75) is 12.8 Å². The summed E-state index contributed by atoms with van der Waals surface area (Å²) in [6.07, 6.45) is 3.52. The zero-order valence-electron chi connectivity index (χ0n) is 11.7. The van der Waals surface area contributed by atoms with Crippen LogP contribution < -0.4 is 0 Å². The molecular weight excluding hydrogens is 298 g/mol. The first-order chi connectivity index (χ1) is 10.3. The Kier molecular flexibility index (Phi) is 4.78. The highest BCUT2D eigenvalue weighted by Crippen LogP contribution is 2.31. The van der Waals surface area contributed by atoms with Crippen LogP contribution in [0.3, 0.4) is 0 Å². The zero-order chi connectivity index (χ0) is 14.5. The van der Waals surface area contributed by atoms with Crippen molar-refractivity contribution >= 4 is 35.1 Å². The smallest absolute Gasteiger partial charge is 0.227 e. The average molecular weight is 315 g/mol. The molecule has 1 aliphatic rings. The van der Waals surface area contributed by atoms with Gasteiger partial charge in [0.1, 0.15) is 0 Å². The molecule has 0 atom stereocenters. The van der Waals surface area contributed by atoms with Crippen LogP contribution in [-0.2, 0) is 11.2 Å². The summed E-state index contributed by atoms with van der Waals surface area (Å²) >= 11 is 3.48. The molecule has 0 saturated carbocycles. The normalized spacial score (nSPS) is 16.6. The van der Waals surface area contributed by atoms with E-state index in [0.29, 0.717) is 6.42 Å². The minimum atomic E-state index is 0.228. The fourth-order valence-electron chi connectivity index (χ4n) is 2.32. The topological polar surface area (TPSA) is 20.3 Å². The van der Waals surface area contributed by atoms with E-state index in [2.05, 4.69) is 29.7 Å². The lowest BCUT2D eigenvalue weighted by Gasteiger charge is -2.16. The van der Waals surface area contributed by atoms with Gasteiger partial charge < -0.3 is 4.90 Å². The number of carbonyl (C=O) groups is 1. The summed E-state index contributed by atoms with van der Waals surface area (Å²) in [6.45, 7) is 0.829. The number of hydrogen-bond acceptors (Lipinski definition) is 3. The monoisotopic (exact) mass is 315 g/mol. The fraction of sp³-hybridized carbons (Fsp3) is 0.235. The molecule has 4 heteroatoms. The van der Waals surface area contributed by atoms with Crippen molar-refractivity contribution in [1.29, 1.82) is 0 Å². The molecule has 0 N–H and O–H groups in total. The molecule has 1 saturated heterocycles. The Morgan fingerprint density at radius 1 is 1.19 bits per heavy atom. The van der Waals surface area contributed by atoms with Gasteiger partial charge in [0.15, 0.2) is 0 Å². The Balaban J connectivity index is 1.63. The second kappa shape index (κ2) is 6.96. The number of benzene rings is 1. The molecule has 0 aliphatic carbocycles. The molecule has 0 bridgehead atoms. The molecule has 1 fully saturated rings. The standard InChI is InChI=1S/C17H17NOS2/c19-16(9-8-14-5-2-1-3-6-14)18-10-12-21-17(18)13-15-7-4-11-20-15/h1-7,11,13H,8-10,12H2/b17-13+. The third kappa shape index (κ3) is 3.77. The zero-order valence-corrected chi connectivity index (χ0v) is 13.3. The number of thiophene rings is 1. The number of aryl methyl sites for hydroxylation is 1. The Morgan fingerprint density at radius 3 is 2.81 bits per heavy atom. The van der Waals surface area contributed by atoms with Crippen LogP contribution in [0.25, 0.3) is 6.08 Å². The predicted octanol–water partition coefficient (Wildman–Crippen LogP) is 4.25. The van der Waals surface area contributed by atoms with Gasteiger partial charge in [-0.25, -0.2) is 0 Å². The van der Waals surface area contributed by atoms with Crippen molar-refractivity contribution in [2.75, 3.05) is 12.3 Å². The fourth-order valence-corrected chi connectivity index (χ4v) is 4.09. The van der Waals surface area contributed by atoms with Crippen molar-refractivity contribution in [3.8, 4) is 0 Å². The molecule has 1 aliphatic heterocycles. The molecule has 0 unspecified atom stereocenters. The molecule has 2 heterocycles. The quantitative estimate of drug-likeness (QED) is 0.840. The third-order valence-electron chi connectivity index (χ3n) is 3.41. The molecule has 3 rings (SSSR count). The van der Waals surface area contributed by atoms with Gasteiger partial charge >= 0.3 is 0 Å². The van der Waals surface area contributed by atoms with Gasteiger partial charge in [-0.05, 0) is 29.5 Å². The van der Waals surface area contributed by atoms with Gasteiger partial charge in [-0.15, -0.1) is 23.1 Å². The van der Waals surface area contributed by atoms with Crippen molar-refractivity contribution in [3.05, 3.63) is 63.3 Å². The van der Waals surface area contributed by atoms with Crippen LogP contribution in [0.5, 0.6) is 0 Å². The summed E-state index contributed by atoms with van der Waals surface area (Å²) < 4.78 is 0. The second-order valence-corrected chi connectivity index (χ2v) is 6.97. The average Bonchev–Trinajstić information content (AvgIpc) is 3.18. The molecule has 1 aromatic heterocycles. The highest BCUT2D eigenvalue weighted by atomic mass is 32.2. The van der Waals surface area contributed by atoms with Crippen LogP contribution in [0.1, 0.15) is 16.9 Å². The van der Waals surface area contributed by atoms with Crippen LogP contribution in [-0.4, -0.2) is 23.1 Å². The summed E-state index contributed by atoms with van der Waals surface area (Å²) in [5, 5.41) is 3.16. The summed E-state index contributed by atoms with van der Waals surface area (Å²) in [4.78, 5) is 15.6. The largest absolute Gasteiger partial charge is 0.306 e. The molecule has 1 aromatic carbocycles. The van der Waals surface area contributed by atoms with E-state index < -0.39 is 0 Å². The van der Waals surface area contributed by atoms with Crippen LogP contribution >= 0.6 is 23.1 Å². The maximum atomic E-state index is 12.4. The van der Waals surface area contributed by atoms with Crippen LogP contribution in [0.2, 0.25) is 0 Å². The van der Waals surface area contributed by atoms with E-state index in [1.54, 1.807) is 23.1 Å². The number of thioether (sulfide) groups is 1. The molecule has 0 spiro atoms. The van der Waals surface area contributed by atoms with Gasteiger partial charge in [0.2, 0.25) is 5.91 Å². The SMILES string of the molecule is O=C(CCc1ccccc1)N1CCS/C1=C/c1cccs1. The Morgan fingerprint density at radius 2 is 2.05 bits per heavy atom. The molecule has 0 radical (unpaired) electrons. The highest BCUT2D eigenvalue weighted by molar-refractivity contribution is 8.03. The van der Waals surface area contributed by atoms with Crippen molar-refractivity contribution < 1.29 is 4.79 Å². The number of nitrogens with zero attached hydrogens (tertiary/aromatic N) is 1. The lowest BCUT2D eigenvalue weighted by Crippen LogP contribution is -2.26. The minimum Gasteiger partial charge on any atom is -0.306 e. The van der Waals surface area contributed by atoms with E-state index in [0.717, 1.165) is 23.7 Å². The maximum Gasteiger partial charge on any atom is 0.227 e. The Labute approximate surface area is 133 Å². The van der Waals surface area contributed by atoms with Crippen molar-refractivity contribution in [1.82, 2.24) is 4.90 Å². The van der Waals surface area contributed by atoms with Gasteiger partial charge in [-0.1, -0.05) is 36.4 Å². The van der Waals surface area contributed by atoms with Crippen molar-refractivity contribution in [2.24, 2.45) is 0 Å². The first-order valence-electron chi connectivity index (χ1n) is 7.05. The Bertz CT molecular complexity index is 620. The second-order valence-electron chi connectivity index (χ2n) is 4.88. The molecule has 2 aromatic rings. The molecule has 2 nitrogen and oxygen atoms in total. The molecule has 1 amide bonds. The molecule has 108 valence electrons. The first kappa shape index (κ1) is 14.4. The van der Waals surface area contributed by atoms with Crippen LogP contribution in [0.4, 0.5) is 0 Å². The predicted molar refractivity (Wildman–Crippen MR) is 91.2 cm³/mol. The number of hydrogen-bond donors (Lipinski definition) is 0. The van der Waals surface area contributed by atoms with E-state index >= 15 is 0 Å². The number of carbonyl (C=O) groups excluding carboxylic acids is 1. The van der Waals surface area contributed by atoms with Gasteiger partial charge in [-0.2, -0.15) is 0 Å². The van der Waals surface area contributed by atoms with E-state index in [1.807, 2.05) is 29.2 Å². The van der Waals surface area contributed by atoms with E-state index in [4.69, 9.17) is 0 Å². The number of rotatable bonds is 4. The first-order valence-corrected chi connectivity index (χ1v) is 8.92. The molecular formula is C17H17NOS2. The third-order valence-corrected chi connectivity index (χ3v) is 5.25. The van der Waals surface area contributed by atoms with Crippen LogP contribution in [0, 0.1) is 0 Å². The van der Waals surface area contributed by atoms with Crippen LogP contribution in [0.15, 0.2) is 52.9 Å². The van der Waals surface area contributed by atoms with E-state index in [9.17, 15) is 4.79 Å². The van der Waals surface area contributed by atoms with Gasteiger partial charge in [0, 0.05) is 23.6 Å². The summed E-state index contributed by atoms with van der Waals surface area (Å²) in [6, 6.07) is 14.3. The highest BCUT2D eigenvalue weighted by Gasteiger charge is 2.23. The maximum absolute atomic E-state index is 12.4. The van der Waals surface area contributed by atoms with Crippen molar-refractivity contribution in [3.63, 3.8) is 0 Å². The summed E-state index contributed by atoms with van der Waals surface area (Å²) in [7, 11) is 0. The lowest BCUT2D eigenvalue weighted by atomic mass is 10.1. The lowest BCUT2D eigenvalue weighted by molar-refractivity contribution is -0.128.